The van der Waals surface area contributed by atoms with E-state index in [1.54, 1.807) is 6.07 Å². The second-order valence-electron chi connectivity index (χ2n) is 4.38. The third kappa shape index (κ3) is 1.86. The average molecular weight is 237 g/mol. The van der Waals surface area contributed by atoms with Crippen molar-refractivity contribution in [2.45, 2.75) is 6.92 Å². The SMILES string of the molecule is Cc1cccc(-c2nc3ccccc3cc2F)c1. The number of nitrogens with zero attached hydrogens (tertiary/aromatic N) is 1. The fourth-order valence-electron chi connectivity index (χ4n) is 2.08. The second kappa shape index (κ2) is 4.22. The van der Waals surface area contributed by atoms with Gasteiger partial charge in [0.1, 0.15) is 11.5 Å². The lowest BCUT2D eigenvalue weighted by molar-refractivity contribution is 0.628. The molecule has 3 rings (SSSR count). The smallest absolute Gasteiger partial charge is 0.150 e. The fourth-order valence-corrected chi connectivity index (χ4v) is 2.08. The van der Waals surface area contributed by atoms with Crippen molar-refractivity contribution in [3.8, 4) is 11.3 Å². The summed E-state index contributed by atoms with van der Waals surface area (Å²) >= 11 is 0. The Hall–Kier alpha value is -2.22. The van der Waals surface area contributed by atoms with Crippen molar-refractivity contribution in [3.63, 3.8) is 0 Å². The summed E-state index contributed by atoms with van der Waals surface area (Å²) in [4.78, 5) is 4.41. The molecule has 1 nitrogen and oxygen atoms in total. The van der Waals surface area contributed by atoms with E-state index in [9.17, 15) is 4.39 Å². The minimum atomic E-state index is -0.278. The summed E-state index contributed by atoms with van der Waals surface area (Å²) in [5.74, 6) is -0.278. The molecule has 2 aromatic carbocycles. The van der Waals surface area contributed by atoms with Crippen molar-refractivity contribution in [3.05, 3.63) is 66.0 Å². The van der Waals surface area contributed by atoms with Crippen LogP contribution in [0.4, 0.5) is 4.39 Å². The molecule has 0 aliphatic heterocycles. The van der Waals surface area contributed by atoms with Crippen LogP contribution in [0.3, 0.4) is 0 Å². The summed E-state index contributed by atoms with van der Waals surface area (Å²) < 4.78 is 14.1. The van der Waals surface area contributed by atoms with Crippen molar-refractivity contribution in [2.75, 3.05) is 0 Å². The largest absolute Gasteiger partial charge is 0.245 e. The monoisotopic (exact) mass is 237 g/mol. The highest BCUT2D eigenvalue weighted by molar-refractivity contribution is 5.81. The lowest BCUT2D eigenvalue weighted by Gasteiger charge is -2.06. The van der Waals surface area contributed by atoms with E-state index in [0.717, 1.165) is 22.0 Å². The number of hydrogen-bond donors (Lipinski definition) is 0. The lowest BCUT2D eigenvalue weighted by atomic mass is 10.1. The van der Waals surface area contributed by atoms with Gasteiger partial charge in [-0.2, -0.15) is 0 Å². The standard InChI is InChI=1S/C16H12FN/c1-11-5-4-7-13(9-11)16-14(17)10-12-6-2-3-8-15(12)18-16/h2-10H,1H3. The van der Waals surface area contributed by atoms with Gasteiger partial charge in [0.2, 0.25) is 0 Å². The Morgan fingerprint density at radius 2 is 1.78 bits per heavy atom. The zero-order valence-corrected chi connectivity index (χ0v) is 10.0. The molecule has 0 N–H and O–H groups in total. The Morgan fingerprint density at radius 1 is 0.944 bits per heavy atom. The zero-order valence-electron chi connectivity index (χ0n) is 10.0. The fraction of sp³-hybridized carbons (Fsp3) is 0.0625. The lowest BCUT2D eigenvalue weighted by Crippen LogP contribution is -1.91. The molecule has 0 bridgehead atoms. The van der Waals surface area contributed by atoms with Gasteiger partial charge in [0.15, 0.2) is 0 Å². The zero-order chi connectivity index (χ0) is 12.5. The summed E-state index contributed by atoms with van der Waals surface area (Å²) in [6.45, 7) is 1.99. The molecule has 0 saturated heterocycles. The Kier molecular flexibility index (Phi) is 2.56. The van der Waals surface area contributed by atoms with Crippen LogP contribution in [-0.2, 0) is 0 Å². The van der Waals surface area contributed by atoms with E-state index in [1.165, 1.54) is 0 Å². The van der Waals surface area contributed by atoms with Crippen LogP contribution in [0.5, 0.6) is 0 Å². The van der Waals surface area contributed by atoms with Gasteiger partial charge < -0.3 is 0 Å². The van der Waals surface area contributed by atoms with Crippen molar-refractivity contribution in [1.82, 2.24) is 4.98 Å². The van der Waals surface area contributed by atoms with Gasteiger partial charge >= 0.3 is 0 Å². The maximum absolute atomic E-state index is 14.1. The van der Waals surface area contributed by atoms with Crippen LogP contribution in [0.25, 0.3) is 22.2 Å². The van der Waals surface area contributed by atoms with E-state index in [2.05, 4.69) is 4.98 Å². The van der Waals surface area contributed by atoms with E-state index in [0.29, 0.717) is 5.69 Å². The minimum absolute atomic E-state index is 0.278. The van der Waals surface area contributed by atoms with E-state index in [1.807, 2.05) is 55.5 Å². The maximum atomic E-state index is 14.1. The number of hydrogen-bond acceptors (Lipinski definition) is 1. The average Bonchev–Trinajstić information content (AvgIpc) is 2.38. The van der Waals surface area contributed by atoms with E-state index in [-0.39, 0.29) is 5.82 Å². The Bertz CT molecular complexity index is 719. The van der Waals surface area contributed by atoms with Crippen LogP contribution in [0.1, 0.15) is 5.56 Å². The summed E-state index contributed by atoms with van der Waals surface area (Å²) in [6.07, 6.45) is 0. The number of aryl methyl sites for hydroxylation is 1. The van der Waals surface area contributed by atoms with Crippen LogP contribution < -0.4 is 0 Å². The summed E-state index contributed by atoms with van der Waals surface area (Å²) in [5.41, 5.74) is 3.15. The molecule has 3 aromatic rings. The highest BCUT2D eigenvalue weighted by Gasteiger charge is 2.08. The first-order valence-corrected chi connectivity index (χ1v) is 5.86. The van der Waals surface area contributed by atoms with Gasteiger partial charge in [0.05, 0.1) is 5.52 Å². The minimum Gasteiger partial charge on any atom is -0.245 e. The molecule has 1 aromatic heterocycles. The molecule has 0 radical (unpaired) electrons. The molecule has 1 heterocycles. The molecule has 0 saturated carbocycles. The molecule has 88 valence electrons. The first-order chi connectivity index (χ1) is 8.74. The number of aromatic nitrogens is 1. The summed E-state index contributed by atoms with van der Waals surface area (Å²) in [6, 6.07) is 16.8. The van der Waals surface area contributed by atoms with Crippen LogP contribution in [0, 0.1) is 12.7 Å². The number of halogens is 1. The van der Waals surface area contributed by atoms with Gasteiger partial charge in [-0.1, -0.05) is 42.0 Å². The van der Waals surface area contributed by atoms with Gasteiger partial charge in [-0.15, -0.1) is 0 Å². The van der Waals surface area contributed by atoms with Crippen molar-refractivity contribution in [1.29, 1.82) is 0 Å². The number of rotatable bonds is 1. The third-order valence-corrected chi connectivity index (χ3v) is 2.97. The van der Waals surface area contributed by atoms with Crippen molar-refractivity contribution in [2.24, 2.45) is 0 Å². The number of para-hydroxylation sites is 1. The molecule has 0 aliphatic rings. The number of benzene rings is 2. The van der Waals surface area contributed by atoms with Crippen molar-refractivity contribution >= 4 is 10.9 Å². The van der Waals surface area contributed by atoms with E-state index in [4.69, 9.17) is 0 Å². The molecule has 0 aliphatic carbocycles. The van der Waals surface area contributed by atoms with Crippen molar-refractivity contribution < 1.29 is 4.39 Å². The molecule has 2 heteroatoms. The Morgan fingerprint density at radius 3 is 2.61 bits per heavy atom. The first-order valence-electron chi connectivity index (χ1n) is 5.86. The van der Waals surface area contributed by atoms with Crippen LogP contribution in [-0.4, -0.2) is 4.98 Å². The highest BCUT2D eigenvalue weighted by Crippen LogP contribution is 2.24. The topological polar surface area (TPSA) is 12.9 Å². The second-order valence-corrected chi connectivity index (χ2v) is 4.38. The Balaban J connectivity index is 2.26. The third-order valence-electron chi connectivity index (χ3n) is 2.97. The Labute approximate surface area is 105 Å². The van der Waals surface area contributed by atoms with Gasteiger partial charge in [-0.25, -0.2) is 9.37 Å². The molecule has 0 amide bonds. The predicted molar refractivity (Wildman–Crippen MR) is 71.9 cm³/mol. The molecular weight excluding hydrogens is 225 g/mol. The highest BCUT2D eigenvalue weighted by atomic mass is 19.1. The molecular formula is C16H12FN. The van der Waals surface area contributed by atoms with Crippen LogP contribution in [0.2, 0.25) is 0 Å². The molecule has 0 atom stereocenters. The van der Waals surface area contributed by atoms with Gasteiger partial charge in [0.25, 0.3) is 0 Å². The van der Waals surface area contributed by atoms with Crippen LogP contribution in [0.15, 0.2) is 54.6 Å². The quantitative estimate of drug-likeness (QED) is 0.613. The van der Waals surface area contributed by atoms with Crippen LogP contribution >= 0.6 is 0 Å². The molecule has 0 unspecified atom stereocenters. The molecule has 0 spiro atoms. The number of fused-ring (bicyclic) bond motifs is 1. The predicted octanol–water partition coefficient (Wildman–Crippen LogP) is 4.35. The van der Waals surface area contributed by atoms with Gasteiger partial charge in [-0.05, 0) is 25.1 Å². The van der Waals surface area contributed by atoms with Gasteiger partial charge in [0, 0.05) is 10.9 Å². The van der Waals surface area contributed by atoms with E-state index >= 15 is 0 Å². The molecule has 18 heavy (non-hydrogen) atoms. The number of pyridine rings is 1. The van der Waals surface area contributed by atoms with Gasteiger partial charge in [-0.3, -0.25) is 0 Å². The normalized spacial score (nSPS) is 10.8. The maximum Gasteiger partial charge on any atom is 0.150 e. The molecule has 0 fully saturated rings. The summed E-state index contributed by atoms with van der Waals surface area (Å²) in [7, 11) is 0. The summed E-state index contributed by atoms with van der Waals surface area (Å²) in [5, 5.41) is 0.825. The first kappa shape index (κ1) is 10.9. The van der Waals surface area contributed by atoms with E-state index < -0.39 is 0 Å².